The van der Waals surface area contributed by atoms with Gasteiger partial charge in [0, 0.05) is 24.5 Å². The third kappa shape index (κ3) is 9.97. The molecule has 0 bridgehead atoms. The van der Waals surface area contributed by atoms with E-state index in [4.69, 9.17) is 9.47 Å². The van der Waals surface area contributed by atoms with Crippen LogP contribution in [0.2, 0.25) is 0 Å². The predicted octanol–water partition coefficient (Wildman–Crippen LogP) is 3.50. The molecule has 0 aliphatic heterocycles. The first kappa shape index (κ1) is 24.2. The number of likely N-dealkylation sites (N-methyl/N-ethyl adjacent to an activating group) is 2. The zero-order valence-corrected chi connectivity index (χ0v) is 18.7. The fourth-order valence-corrected chi connectivity index (χ4v) is 2.60. The smallest absolute Gasteiger partial charge is 0.411 e. The van der Waals surface area contributed by atoms with Crippen LogP contribution in [-0.4, -0.2) is 76.5 Å². The minimum Gasteiger partial charge on any atom is -0.448 e. The topological polar surface area (TPSA) is 83.1 Å². The van der Waals surface area contributed by atoms with E-state index >= 15 is 0 Å². The molecular weight excluding hydrogens is 396 g/mol. The summed E-state index contributed by atoms with van der Waals surface area (Å²) in [6, 6.07) is 15.2. The van der Waals surface area contributed by atoms with Crippen LogP contribution in [0.25, 0.3) is 0 Å². The second-order valence-electron chi connectivity index (χ2n) is 7.70. The molecular formula is C23H32N4O4. The minimum atomic E-state index is -0.460. The van der Waals surface area contributed by atoms with Crippen LogP contribution in [0.1, 0.15) is 11.1 Å². The maximum absolute atomic E-state index is 11.8. The maximum atomic E-state index is 11.8. The van der Waals surface area contributed by atoms with Crippen LogP contribution in [0.5, 0.6) is 0 Å². The summed E-state index contributed by atoms with van der Waals surface area (Å²) in [6.45, 7) is 2.04. The fraction of sp³-hybridized carbons (Fsp3) is 0.391. The Kier molecular flexibility index (Phi) is 9.80. The lowest BCUT2D eigenvalue weighted by molar-refractivity contribution is 0.150. The summed E-state index contributed by atoms with van der Waals surface area (Å²) < 4.78 is 10.2. The number of anilines is 2. The molecule has 168 valence electrons. The third-order valence-corrected chi connectivity index (χ3v) is 4.35. The van der Waals surface area contributed by atoms with E-state index in [1.807, 2.05) is 86.5 Å². The number of rotatable bonds is 10. The van der Waals surface area contributed by atoms with Gasteiger partial charge in [-0.25, -0.2) is 9.59 Å². The number of hydrogen-bond acceptors (Lipinski definition) is 6. The van der Waals surface area contributed by atoms with Crippen LogP contribution < -0.4 is 10.6 Å². The van der Waals surface area contributed by atoms with Gasteiger partial charge in [0.1, 0.15) is 13.2 Å². The average molecular weight is 429 g/mol. The highest BCUT2D eigenvalue weighted by Gasteiger charge is 2.06. The molecule has 2 rings (SSSR count). The lowest BCUT2D eigenvalue weighted by atomic mass is 10.0. The molecule has 2 aromatic rings. The normalized spacial score (nSPS) is 10.8. The molecule has 0 aliphatic carbocycles. The summed E-state index contributed by atoms with van der Waals surface area (Å²) in [7, 11) is 7.69. The van der Waals surface area contributed by atoms with E-state index < -0.39 is 12.2 Å². The molecule has 31 heavy (non-hydrogen) atoms. The maximum Gasteiger partial charge on any atom is 0.411 e. The van der Waals surface area contributed by atoms with Gasteiger partial charge in [-0.1, -0.05) is 24.3 Å². The molecule has 2 aromatic carbocycles. The van der Waals surface area contributed by atoms with E-state index in [0.29, 0.717) is 37.7 Å². The molecule has 0 saturated heterocycles. The fourth-order valence-electron chi connectivity index (χ4n) is 2.60. The van der Waals surface area contributed by atoms with Crippen molar-refractivity contribution in [1.29, 1.82) is 0 Å². The van der Waals surface area contributed by atoms with Crippen molar-refractivity contribution in [2.24, 2.45) is 0 Å². The summed E-state index contributed by atoms with van der Waals surface area (Å²) in [5.74, 6) is 0. The SMILES string of the molecule is CN(C)CCOC(=O)Nc1ccc(Cc2ccc(NC(=O)OCCN(C)C)cc2)cc1. The highest BCUT2D eigenvalue weighted by atomic mass is 16.6. The number of nitrogens with zero attached hydrogens (tertiary/aromatic N) is 2. The standard InChI is InChI=1S/C23H32N4O4/c1-26(2)13-15-30-22(28)24-20-9-5-18(6-10-20)17-19-7-11-21(12-8-19)25-23(29)31-16-14-27(3)4/h5-12H,13-17H2,1-4H3,(H,24,28)(H,25,29). The molecule has 0 aromatic heterocycles. The number of amides is 2. The Hall–Kier alpha value is -3.10. The van der Waals surface area contributed by atoms with Gasteiger partial charge in [-0.3, -0.25) is 10.6 Å². The van der Waals surface area contributed by atoms with E-state index in [1.165, 1.54) is 0 Å². The van der Waals surface area contributed by atoms with Crippen LogP contribution in [0.3, 0.4) is 0 Å². The second-order valence-corrected chi connectivity index (χ2v) is 7.70. The molecule has 0 fully saturated rings. The highest BCUT2D eigenvalue weighted by Crippen LogP contribution is 2.16. The first-order valence-electron chi connectivity index (χ1n) is 10.2. The largest absolute Gasteiger partial charge is 0.448 e. The molecule has 0 unspecified atom stereocenters. The Labute approximate surface area is 184 Å². The molecule has 8 nitrogen and oxygen atoms in total. The predicted molar refractivity (Wildman–Crippen MR) is 123 cm³/mol. The van der Waals surface area contributed by atoms with Crippen LogP contribution in [-0.2, 0) is 15.9 Å². The zero-order valence-electron chi connectivity index (χ0n) is 18.7. The van der Waals surface area contributed by atoms with Crippen molar-refractivity contribution in [3.8, 4) is 0 Å². The average Bonchev–Trinajstić information content (AvgIpc) is 2.70. The van der Waals surface area contributed by atoms with Crippen LogP contribution in [0.4, 0.5) is 21.0 Å². The Balaban J connectivity index is 1.78. The minimum absolute atomic E-state index is 0.343. The van der Waals surface area contributed by atoms with E-state index in [-0.39, 0.29) is 0 Å². The Morgan fingerprint density at radius 2 is 1.03 bits per heavy atom. The molecule has 8 heteroatoms. The first-order chi connectivity index (χ1) is 14.8. The molecule has 2 amide bonds. The van der Waals surface area contributed by atoms with Gasteiger partial charge in [0.25, 0.3) is 0 Å². The summed E-state index contributed by atoms with van der Waals surface area (Å²) in [5.41, 5.74) is 3.59. The van der Waals surface area contributed by atoms with Crippen LogP contribution in [0, 0.1) is 0 Å². The molecule has 0 heterocycles. The Bertz CT molecular complexity index is 751. The Morgan fingerprint density at radius 3 is 1.35 bits per heavy atom. The van der Waals surface area contributed by atoms with Gasteiger partial charge in [-0.2, -0.15) is 0 Å². The molecule has 0 spiro atoms. The summed E-state index contributed by atoms with van der Waals surface area (Å²) in [6.07, 6.45) is -0.183. The van der Waals surface area contributed by atoms with Gasteiger partial charge in [0.05, 0.1) is 0 Å². The number of carbonyl (C=O) groups excluding carboxylic acids is 2. The monoisotopic (exact) mass is 428 g/mol. The number of hydrogen-bond donors (Lipinski definition) is 2. The summed E-state index contributed by atoms with van der Waals surface area (Å²) in [5, 5.41) is 5.44. The lowest BCUT2D eigenvalue weighted by Crippen LogP contribution is -2.22. The van der Waals surface area contributed by atoms with Crippen LogP contribution in [0.15, 0.2) is 48.5 Å². The van der Waals surface area contributed by atoms with E-state index in [2.05, 4.69) is 10.6 Å². The second kappa shape index (κ2) is 12.6. The quantitative estimate of drug-likeness (QED) is 0.603. The van der Waals surface area contributed by atoms with Gasteiger partial charge in [0.2, 0.25) is 0 Å². The van der Waals surface area contributed by atoms with E-state index in [1.54, 1.807) is 0 Å². The number of ether oxygens (including phenoxy) is 2. The van der Waals surface area contributed by atoms with Crippen molar-refractivity contribution >= 4 is 23.6 Å². The van der Waals surface area contributed by atoms with Gasteiger partial charge in [-0.15, -0.1) is 0 Å². The van der Waals surface area contributed by atoms with E-state index in [9.17, 15) is 9.59 Å². The van der Waals surface area contributed by atoms with Gasteiger partial charge in [-0.05, 0) is 70.0 Å². The van der Waals surface area contributed by atoms with Gasteiger partial charge >= 0.3 is 12.2 Å². The number of benzene rings is 2. The number of nitrogens with one attached hydrogen (secondary N) is 2. The van der Waals surface area contributed by atoms with E-state index in [0.717, 1.165) is 17.5 Å². The van der Waals surface area contributed by atoms with Crippen molar-refractivity contribution in [1.82, 2.24) is 9.80 Å². The third-order valence-electron chi connectivity index (χ3n) is 4.35. The van der Waals surface area contributed by atoms with Gasteiger partial charge in [0.15, 0.2) is 0 Å². The summed E-state index contributed by atoms with van der Waals surface area (Å²) in [4.78, 5) is 27.4. The first-order valence-corrected chi connectivity index (χ1v) is 10.2. The molecule has 2 N–H and O–H groups in total. The molecule has 0 aliphatic rings. The summed E-state index contributed by atoms with van der Waals surface area (Å²) >= 11 is 0. The molecule has 0 atom stereocenters. The van der Waals surface area contributed by atoms with Crippen molar-refractivity contribution in [3.05, 3.63) is 59.7 Å². The highest BCUT2D eigenvalue weighted by molar-refractivity contribution is 5.85. The Morgan fingerprint density at radius 1 is 0.677 bits per heavy atom. The molecule has 0 radical (unpaired) electrons. The number of carbonyl (C=O) groups is 2. The van der Waals surface area contributed by atoms with Gasteiger partial charge < -0.3 is 19.3 Å². The van der Waals surface area contributed by atoms with Crippen LogP contribution >= 0.6 is 0 Å². The van der Waals surface area contributed by atoms with Crippen molar-refractivity contribution < 1.29 is 19.1 Å². The van der Waals surface area contributed by atoms with Crippen molar-refractivity contribution in [3.63, 3.8) is 0 Å². The lowest BCUT2D eigenvalue weighted by Gasteiger charge is -2.11. The zero-order chi connectivity index (χ0) is 22.6. The molecule has 0 saturated carbocycles. The van der Waals surface area contributed by atoms with Crippen molar-refractivity contribution in [2.45, 2.75) is 6.42 Å². The van der Waals surface area contributed by atoms with Crippen molar-refractivity contribution in [2.75, 3.05) is 65.1 Å².